The Kier molecular flexibility index (Phi) is 4.30. The molecule has 1 rings (SSSR count). The minimum atomic E-state index is -0.987. The highest BCUT2D eigenvalue weighted by Crippen LogP contribution is 2.11. The first-order valence-electron chi connectivity index (χ1n) is 5.47. The summed E-state index contributed by atoms with van der Waals surface area (Å²) in [5.41, 5.74) is 0. The fraction of sp³-hybridized carbons (Fsp3) is 0.800. The summed E-state index contributed by atoms with van der Waals surface area (Å²) in [7, 11) is 0. The molecule has 17 heavy (non-hydrogen) atoms. The molecule has 98 valence electrons. The van der Waals surface area contributed by atoms with Crippen LogP contribution in [0.3, 0.4) is 0 Å². The van der Waals surface area contributed by atoms with E-state index in [9.17, 15) is 19.8 Å². The van der Waals surface area contributed by atoms with Gasteiger partial charge in [0.25, 0.3) is 0 Å². The number of nitrogens with zero attached hydrogens (tertiary/aromatic N) is 1. The van der Waals surface area contributed by atoms with Gasteiger partial charge in [0.15, 0.2) is 0 Å². The largest absolute Gasteiger partial charge is 0.481 e. The monoisotopic (exact) mass is 246 g/mol. The molecular formula is C10H18N2O5. The SMILES string of the molecule is CC(NC(=O)N1CC(O)C(O)C1)C(C)C(=O)O. The van der Waals surface area contributed by atoms with Crippen LogP contribution in [0.1, 0.15) is 13.8 Å². The van der Waals surface area contributed by atoms with Gasteiger partial charge in [0.2, 0.25) is 0 Å². The van der Waals surface area contributed by atoms with Crippen molar-refractivity contribution < 1.29 is 24.9 Å². The Morgan fingerprint density at radius 1 is 1.24 bits per heavy atom. The van der Waals surface area contributed by atoms with Crippen LogP contribution in [0, 0.1) is 5.92 Å². The number of urea groups is 1. The second kappa shape index (κ2) is 5.33. The third-order valence-corrected chi connectivity index (χ3v) is 3.04. The third kappa shape index (κ3) is 3.31. The summed E-state index contributed by atoms with van der Waals surface area (Å²) >= 11 is 0. The average molecular weight is 246 g/mol. The molecule has 4 N–H and O–H groups in total. The van der Waals surface area contributed by atoms with Crippen LogP contribution in [0.15, 0.2) is 0 Å². The molecule has 0 aromatic heterocycles. The molecule has 0 spiro atoms. The lowest BCUT2D eigenvalue weighted by atomic mass is 10.0. The highest BCUT2D eigenvalue weighted by Gasteiger charge is 2.33. The molecule has 0 saturated carbocycles. The number of nitrogens with one attached hydrogen (secondary N) is 1. The lowest BCUT2D eigenvalue weighted by molar-refractivity contribution is -0.141. The van der Waals surface area contributed by atoms with Gasteiger partial charge in [0, 0.05) is 6.04 Å². The van der Waals surface area contributed by atoms with Gasteiger partial charge in [-0.1, -0.05) is 0 Å². The normalized spacial score (nSPS) is 27.6. The molecule has 0 radical (unpaired) electrons. The number of rotatable bonds is 3. The van der Waals surface area contributed by atoms with E-state index in [-0.39, 0.29) is 13.1 Å². The maximum absolute atomic E-state index is 11.7. The van der Waals surface area contributed by atoms with E-state index in [2.05, 4.69) is 5.32 Å². The zero-order valence-electron chi connectivity index (χ0n) is 9.83. The van der Waals surface area contributed by atoms with Crippen LogP contribution in [-0.2, 0) is 4.79 Å². The molecule has 0 aromatic carbocycles. The summed E-state index contributed by atoms with van der Waals surface area (Å²) in [4.78, 5) is 23.6. The van der Waals surface area contributed by atoms with Crippen molar-refractivity contribution in [2.45, 2.75) is 32.1 Å². The Bertz CT molecular complexity index is 299. The van der Waals surface area contributed by atoms with E-state index in [1.165, 1.54) is 11.8 Å². The summed E-state index contributed by atoms with van der Waals surface area (Å²) in [6.45, 7) is 3.21. The Morgan fingerprint density at radius 3 is 2.12 bits per heavy atom. The van der Waals surface area contributed by atoms with Crippen LogP contribution in [0.4, 0.5) is 4.79 Å². The Labute approximate surface area is 99.0 Å². The first kappa shape index (κ1) is 13.7. The van der Waals surface area contributed by atoms with Crippen LogP contribution in [-0.4, -0.2) is 63.6 Å². The number of carboxylic acid groups (broad SMARTS) is 1. The van der Waals surface area contributed by atoms with Gasteiger partial charge in [-0.05, 0) is 13.8 Å². The molecule has 0 bridgehead atoms. The van der Waals surface area contributed by atoms with Gasteiger partial charge < -0.3 is 25.5 Å². The first-order valence-corrected chi connectivity index (χ1v) is 5.47. The molecule has 1 aliphatic rings. The lowest BCUT2D eigenvalue weighted by Crippen LogP contribution is -2.46. The summed E-state index contributed by atoms with van der Waals surface area (Å²) in [5.74, 6) is -1.68. The van der Waals surface area contributed by atoms with E-state index in [4.69, 9.17) is 5.11 Å². The number of carbonyl (C=O) groups excluding carboxylic acids is 1. The highest BCUT2D eigenvalue weighted by atomic mass is 16.4. The van der Waals surface area contributed by atoms with Gasteiger partial charge in [0.05, 0.1) is 31.2 Å². The van der Waals surface area contributed by atoms with Crippen molar-refractivity contribution in [2.24, 2.45) is 5.92 Å². The zero-order valence-corrected chi connectivity index (χ0v) is 9.83. The Hall–Kier alpha value is -1.34. The number of aliphatic carboxylic acids is 1. The molecule has 1 fully saturated rings. The first-order chi connectivity index (χ1) is 7.82. The topological polar surface area (TPSA) is 110 Å². The number of carboxylic acids is 1. The van der Waals surface area contributed by atoms with E-state index in [1.807, 2.05) is 0 Å². The predicted octanol–water partition coefficient (Wildman–Crippen LogP) is -1.16. The molecule has 4 atom stereocenters. The fourth-order valence-corrected chi connectivity index (χ4v) is 1.56. The van der Waals surface area contributed by atoms with Crippen molar-refractivity contribution in [1.29, 1.82) is 0 Å². The van der Waals surface area contributed by atoms with Gasteiger partial charge in [-0.3, -0.25) is 4.79 Å². The highest BCUT2D eigenvalue weighted by molar-refractivity contribution is 5.77. The minimum Gasteiger partial charge on any atom is -0.481 e. The standard InChI is InChI=1S/C10H18N2O5/c1-5(9(15)16)6(2)11-10(17)12-3-7(13)8(14)4-12/h5-8,13-14H,3-4H2,1-2H3,(H,11,17)(H,15,16). The van der Waals surface area contributed by atoms with Gasteiger partial charge in [-0.2, -0.15) is 0 Å². The van der Waals surface area contributed by atoms with E-state index in [1.54, 1.807) is 6.92 Å². The van der Waals surface area contributed by atoms with Crippen molar-refractivity contribution >= 4 is 12.0 Å². The van der Waals surface area contributed by atoms with Crippen molar-refractivity contribution in [3.63, 3.8) is 0 Å². The number of aliphatic hydroxyl groups is 2. The Balaban J connectivity index is 2.47. The van der Waals surface area contributed by atoms with Crippen LogP contribution in [0.5, 0.6) is 0 Å². The number of β-amino-alcohol motifs (C(OH)–C–C–N with tert-alkyl or cyclic N) is 2. The number of hydrogen-bond acceptors (Lipinski definition) is 4. The van der Waals surface area contributed by atoms with Crippen LogP contribution in [0.25, 0.3) is 0 Å². The number of carbonyl (C=O) groups is 2. The smallest absolute Gasteiger partial charge is 0.317 e. The molecule has 0 aromatic rings. The van der Waals surface area contributed by atoms with Crippen molar-refractivity contribution in [3.8, 4) is 0 Å². The Morgan fingerprint density at radius 2 is 1.71 bits per heavy atom. The summed E-state index contributed by atoms with van der Waals surface area (Å²) in [6.07, 6.45) is -1.87. The van der Waals surface area contributed by atoms with Gasteiger partial charge in [-0.15, -0.1) is 0 Å². The quantitative estimate of drug-likeness (QED) is 0.502. The van der Waals surface area contributed by atoms with Crippen molar-refractivity contribution in [1.82, 2.24) is 10.2 Å². The molecule has 2 amide bonds. The van der Waals surface area contributed by atoms with Crippen LogP contribution < -0.4 is 5.32 Å². The predicted molar refractivity (Wildman–Crippen MR) is 58.4 cm³/mol. The van der Waals surface area contributed by atoms with E-state index < -0.39 is 36.2 Å². The summed E-state index contributed by atoms with van der Waals surface area (Å²) in [5, 5.41) is 29.9. The average Bonchev–Trinajstić information content (AvgIpc) is 2.58. The maximum atomic E-state index is 11.7. The summed E-state index contributed by atoms with van der Waals surface area (Å²) in [6, 6.07) is -0.990. The van der Waals surface area contributed by atoms with Crippen LogP contribution >= 0.6 is 0 Å². The molecule has 1 saturated heterocycles. The zero-order chi connectivity index (χ0) is 13.2. The fourth-order valence-electron chi connectivity index (χ4n) is 1.56. The lowest BCUT2D eigenvalue weighted by Gasteiger charge is -2.22. The second-order valence-electron chi connectivity index (χ2n) is 4.40. The molecule has 7 heteroatoms. The van der Waals surface area contributed by atoms with E-state index >= 15 is 0 Å². The molecule has 0 aliphatic carbocycles. The van der Waals surface area contributed by atoms with E-state index in [0.29, 0.717) is 0 Å². The number of amides is 2. The van der Waals surface area contributed by atoms with Gasteiger partial charge in [0.1, 0.15) is 0 Å². The van der Waals surface area contributed by atoms with Gasteiger partial charge >= 0.3 is 12.0 Å². The van der Waals surface area contributed by atoms with E-state index in [0.717, 1.165) is 0 Å². The number of hydrogen-bond donors (Lipinski definition) is 4. The summed E-state index contributed by atoms with van der Waals surface area (Å²) < 4.78 is 0. The molecule has 4 unspecified atom stereocenters. The maximum Gasteiger partial charge on any atom is 0.317 e. The van der Waals surface area contributed by atoms with Gasteiger partial charge in [-0.25, -0.2) is 4.79 Å². The van der Waals surface area contributed by atoms with Crippen molar-refractivity contribution in [2.75, 3.05) is 13.1 Å². The van der Waals surface area contributed by atoms with Crippen molar-refractivity contribution in [3.05, 3.63) is 0 Å². The van der Waals surface area contributed by atoms with Crippen LogP contribution in [0.2, 0.25) is 0 Å². The molecule has 1 aliphatic heterocycles. The minimum absolute atomic E-state index is 0.0567. The molecular weight excluding hydrogens is 228 g/mol. The third-order valence-electron chi connectivity index (χ3n) is 3.04. The molecule has 1 heterocycles. The second-order valence-corrected chi connectivity index (χ2v) is 4.40. The number of likely N-dealkylation sites (tertiary alicyclic amines) is 1. The molecule has 7 nitrogen and oxygen atoms in total. The number of aliphatic hydroxyl groups excluding tert-OH is 2.